The van der Waals surface area contributed by atoms with Gasteiger partial charge in [0, 0.05) is 5.56 Å². The van der Waals surface area contributed by atoms with Gasteiger partial charge in [0.05, 0.1) is 18.5 Å². The number of rotatable bonds is 6. The van der Waals surface area contributed by atoms with E-state index in [1.807, 2.05) is 0 Å². The Kier molecular flexibility index (Phi) is 5.98. The first-order valence-electron chi connectivity index (χ1n) is 8.63. The van der Waals surface area contributed by atoms with Gasteiger partial charge in [-0.3, -0.25) is 4.79 Å². The number of nitrogens with one attached hydrogen (secondary N) is 2. The molecule has 8 nitrogen and oxygen atoms in total. The van der Waals surface area contributed by atoms with Gasteiger partial charge in [-0.2, -0.15) is 10.1 Å². The Balaban J connectivity index is 1.76. The number of aromatic hydroxyl groups is 1. The van der Waals surface area contributed by atoms with Crippen molar-refractivity contribution in [2.75, 3.05) is 6.61 Å². The summed E-state index contributed by atoms with van der Waals surface area (Å²) in [6.07, 6.45) is 1.36. The van der Waals surface area contributed by atoms with Crippen molar-refractivity contribution in [2.24, 2.45) is 5.10 Å². The Bertz CT molecular complexity index is 1110. The van der Waals surface area contributed by atoms with Crippen LogP contribution in [0.15, 0.2) is 58.4 Å². The van der Waals surface area contributed by atoms with Gasteiger partial charge in [0.1, 0.15) is 11.5 Å². The molecule has 9 heteroatoms. The average molecular weight is 396 g/mol. The Morgan fingerprint density at radius 2 is 2.03 bits per heavy atom. The van der Waals surface area contributed by atoms with Gasteiger partial charge in [-0.25, -0.2) is 14.6 Å². The number of aromatic amines is 1. The van der Waals surface area contributed by atoms with Crippen LogP contribution in [0.5, 0.6) is 11.5 Å². The topological polar surface area (TPSA) is 117 Å². The molecule has 0 spiro atoms. The molecule has 0 saturated heterocycles. The maximum Gasteiger partial charge on any atom is 0.346 e. The van der Waals surface area contributed by atoms with Crippen molar-refractivity contribution in [3.05, 3.63) is 76.1 Å². The zero-order valence-corrected chi connectivity index (χ0v) is 15.3. The molecule has 3 aromatic rings. The number of nitrogens with zero attached hydrogens (tertiary/aromatic N) is 2. The van der Waals surface area contributed by atoms with E-state index >= 15 is 0 Å². The number of benzene rings is 2. The molecule has 0 unspecified atom stereocenters. The van der Waals surface area contributed by atoms with Crippen molar-refractivity contribution < 1.29 is 19.0 Å². The molecule has 0 aliphatic rings. The number of hydrogen-bond acceptors (Lipinski definition) is 6. The van der Waals surface area contributed by atoms with E-state index in [1.54, 1.807) is 19.1 Å². The lowest BCUT2D eigenvalue weighted by atomic mass is 10.1. The summed E-state index contributed by atoms with van der Waals surface area (Å²) >= 11 is 0. The minimum atomic E-state index is -0.721. The molecule has 1 amide bonds. The smallest absolute Gasteiger partial charge is 0.346 e. The number of carbonyl (C=O) groups is 1. The third-order valence-corrected chi connectivity index (χ3v) is 3.79. The van der Waals surface area contributed by atoms with E-state index in [9.17, 15) is 19.1 Å². The summed E-state index contributed by atoms with van der Waals surface area (Å²) in [6.45, 7) is 2.17. The van der Waals surface area contributed by atoms with Crippen LogP contribution in [0.1, 0.15) is 23.0 Å². The first kappa shape index (κ1) is 19.7. The van der Waals surface area contributed by atoms with Gasteiger partial charge in [0.25, 0.3) is 5.91 Å². The van der Waals surface area contributed by atoms with Crippen LogP contribution in [0.25, 0.3) is 11.3 Å². The Morgan fingerprint density at radius 3 is 2.76 bits per heavy atom. The van der Waals surface area contributed by atoms with Gasteiger partial charge in [-0.05, 0) is 61.0 Å². The summed E-state index contributed by atoms with van der Waals surface area (Å²) < 4.78 is 18.3. The van der Waals surface area contributed by atoms with Crippen LogP contribution in [-0.2, 0) is 0 Å². The Morgan fingerprint density at radius 1 is 1.28 bits per heavy atom. The van der Waals surface area contributed by atoms with Crippen LogP contribution in [0.2, 0.25) is 0 Å². The lowest BCUT2D eigenvalue weighted by Crippen LogP contribution is -2.24. The van der Waals surface area contributed by atoms with Crippen LogP contribution in [0.4, 0.5) is 4.39 Å². The van der Waals surface area contributed by atoms with Gasteiger partial charge in [-0.15, -0.1) is 0 Å². The molecule has 3 rings (SSSR count). The van der Waals surface area contributed by atoms with Crippen molar-refractivity contribution in [2.45, 2.75) is 6.92 Å². The molecule has 0 bridgehead atoms. The summed E-state index contributed by atoms with van der Waals surface area (Å²) in [5.74, 6) is -0.790. The predicted molar refractivity (Wildman–Crippen MR) is 105 cm³/mol. The highest BCUT2D eigenvalue weighted by atomic mass is 19.1. The van der Waals surface area contributed by atoms with Crippen molar-refractivity contribution in [1.82, 2.24) is 15.4 Å². The van der Waals surface area contributed by atoms with Crippen LogP contribution >= 0.6 is 0 Å². The van der Waals surface area contributed by atoms with Gasteiger partial charge in [0.15, 0.2) is 11.5 Å². The molecule has 0 atom stereocenters. The maximum absolute atomic E-state index is 13.1. The summed E-state index contributed by atoms with van der Waals surface area (Å²) in [7, 11) is 0. The number of aromatic nitrogens is 2. The third-order valence-electron chi connectivity index (χ3n) is 3.79. The molecule has 148 valence electrons. The Labute approximate surface area is 164 Å². The van der Waals surface area contributed by atoms with Crippen LogP contribution in [-0.4, -0.2) is 33.8 Å². The number of hydrazone groups is 1. The van der Waals surface area contributed by atoms with Crippen molar-refractivity contribution in [1.29, 1.82) is 0 Å². The van der Waals surface area contributed by atoms with E-state index in [2.05, 4.69) is 20.5 Å². The fraction of sp³-hybridized carbons (Fsp3) is 0.100. The number of ether oxygens (including phenoxy) is 1. The van der Waals surface area contributed by atoms with E-state index in [4.69, 9.17) is 4.74 Å². The molecule has 3 N–H and O–H groups in total. The number of phenols is 1. The molecule has 0 fully saturated rings. The molecule has 2 aromatic carbocycles. The standard InChI is InChI=1S/C20H17FN4O4/c1-2-29-18-9-12(3-8-17(18)26)11-22-25-19(27)16-10-15(23-20(28)24-16)13-4-6-14(21)7-5-13/h3-11,26H,2H2,1H3,(H,25,27)(H,23,24,28)/b22-11+. The predicted octanol–water partition coefficient (Wildman–Crippen LogP) is 2.44. The molecule has 1 aromatic heterocycles. The van der Waals surface area contributed by atoms with Crippen LogP contribution < -0.4 is 15.9 Å². The van der Waals surface area contributed by atoms with E-state index in [1.165, 1.54) is 42.6 Å². The summed E-state index contributed by atoms with van der Waals surface area (Å²) in [5, 5.41) is 13.5. The molecule has 0 aliphatic heterocycles. The van der Waals surface area contributed by atoms with Gasteiger partial charge >= 0.3 is 5.69 Å². The second-order valence-electron chi connectivity index (χ2n) is 5.85. The summed E-state index contributed by atoms with van der Waals surface area (Å²) in [5.41, 5.74) is 2.82. The van der Waals surface area contributed by atoms with Gasteiger partial charge < -0.3 is 14.8 Å². The van der Waals surface area contributed by atoms with E-state index in [0.29, 0.717) is 23.5 Å². The van der Waals surface area contributed by atoms with Gasteiger partial charge in [-0.1, -0.05) is 0 Å². The highest BCUT2D eigenvalue weighted by molar-refractivity contribution is 5.94. The summed E-state index contributed by atoms with van der Waals surface area (Å²) in [6, 6.07) is 11.4. The SMILES string of the molecule is CCOc1cc(/C=N/NC(=O)c2cc(-c3ccc(F)cc3)nc(=O)[nH]2)ccc1O. The monoisotopic (exact) mass is 396 g/mol. The van der Waals surface area contributed by atoms with E-state index < -0.39 is 17.4 Å². The van der Waals surface area contributed by atoms with E-state index in [-0.39, 0.29) is 17.1 Å². The minimum Gasteiger partial charge on any atom is -0.504 e. The molecule has 0 aliphatic carbocycles. The normalized spacial score (nSPS) is 10.8. The fourth-order valence-electron chi connectivity index (χ4n) is 2.46. The molecule has 1 heterocycles. The number of hydrogen-bond donors (Lipinski definition) is 3. The Hall–Kier alpha value is -4.01. The number of halogens is 1. The quantitative estimate of drug-likeness (QED) is 0.437. The molecular formula is C20H17FN4O4. The fourth-order valence-corrected chi connectivity index (χ4v) is 2.46. The lowest BCUT2D eigenvalue weighted by molar-refractivity contribution is 0.0949. The third kappa shape index (κ3) is 5.04. The molecule has 0 radical (unpaired) electrons. The summed E-state index contributed by atoms with van der Waals surface area (Å²) in [4.78, 5) is 30.2. The zero-order chi connectivity index (χ0) is 20.8. The van der Waals surface area contributed by atoms with E-state index in [0.717, 1.165) is 0 Å². The minimum absolute atomic E-state index is 0.00396. The van der Waals surface area contributed by atoms with Crippen molar-refractivity contribution in [3.63, 3.8) is 0 Å². The molecule has 29 heavy (non-hydrogen) atoms. The first-order chi connectivity index (χ1) is 14.0. The van der Waals surface area contributed by atoms with Crippen molar-refractivity contribution in [3.8, 4) is 22.8 Å². The second kappa shape index (κ2) is 8.79. The van der Waals surface area contributed by atoms with Gasteiger partial charge in [0.2, 0.25) is 0 Å². The highest BCUT2D eigenvalue weighted by Crippen LogP contribution is 2.26. The zero-order valence-electron chi connectivity index (χ0n) is 15.3. The molecular weight excluding hydrogens is 379 g/mol. The number of phenolic OH excluding ortho intramolecular Hbond substituents is 1. The lowest BCUT2D eigenvalue weighted by Gasteiger charge is -2.06. The first-order valence-corrected chi connectivity index (χ1v) is 8.63. The van der Waals surface area contributed by atoms with Crippen molar-refractivity contribution >= 4 is 12.1 Å². The average Bonchev–Trinajstić information content (AvgIpc) is 2.70. The highest BCUT2D eigenvalue weighted by Gasteiger charge is 2.10. The number of H-pyrrole nitrogens is 1. The molecule has 0 saturated carbocycles. The van der Waals surface area contributed by atoms with Crippen LogP contribution in [0.3, 0.4) is 0 Å². The number of amides is 1. The largest absolute Gasteiger partial charge is 0.504 e. The van der Waals surface area contributed by atoms with Crippen LogP contribution in [0, 0.1) is 5.82 Å². The number of carbonyl (C=O) groups excluding carboxylic acids is 1. The second-order valence-corrected chi connectivity index (χ2v) is 5.85. The maximum atomic E-state index is 13.1.